The van der Waals surface area contributed by atoms with Gasteiger partial charge < -0.3 is 20.8 Å². The van der Waals surface area contributed by atoms with Gasteiger partial charge in [0, 0.05) is 22.8 Å². The highest BCUT2D eigenvalue weighted by Crippen LogP contribution is 2.44. The van der Waals surface area contributed by atoms with Gasteiger partial charge >= 0.3 is 5.97 Å². The molecule has 0 saturated carbocycles. The van der Waals surface area contributed by atoms with E-state index in [2.05, 4.69) is 10.6 Å². The molecule has 0 spiro atoms. The molecule has 41 heavy (non-hydrogen) atoms. The van der Waals surface area contributed by atoms with Crippen LogP contribution in [0.4, 0.5) is 0 Å². The van der Waals surface area contributed by atoms with Crippen molar-refractivity contribution in [2.24, 2.45) is 0 Å². The zero-order valence-corrected chi connectivity index (χ0v) is 25.0. The number of hydrogen-bond donors (Lipinski definition) is 4. The smallest absolute Gasteiger partial charge is 0.352 e. The van der Waals surface area contributed by atoms with Gasteiger partial charge in [-0.05, 0) is 53.8 Å². The van der Waals surface area contributed by atoms with Gasteiger partial charge in [0.25, 0.3) is 5.91 Å². The van der Waals surface area contributed by atoms with Crippen LogP contribution in [0, 0.1) is 0 Å². The van der Waals surface area contributed by atoms with Crippen LogP contribution in [-0.2, 0) is 25.6 Å². The standard InChI is InChI=1S/C27H22Cl3N3O6S2/c28-17-8-19(30)20(9-18(17)29)40-11-21(35)32-22-25(37)33-23(27(38)39)16(10-41-26(22)33)15(14-4-5-31-24(14)36)7-12-2-1-3-13(34)6-12/h1-3,6,8-9,22,26,34H,4-5,7,10-11H2,(H,31,36)(H,32,35)(H,38,39)/t22-,26-/m1/s1. The van der Waals surface area contributed by atoms with Crippen LogP contribution in [0.15, 0.2) is 63.7 Å². The first-order valence-corrected chi connectivity index (χ1v) is 15.5. The van der Waals surface area contributed by atoms with Crippen molar-refractivity contribution >= 4 is 82.0 Å². The van der Waals surface area contributed by atoms with Gasteiger partial charge in [0.05, 0.1) is 20.8 Å². The highest BCUT2D eigenvalue weighted by atomic mass is 35.5. The number of rotatable bonds is 8. The molecule has 0 aliphatic carbocycles. The average molecular weight is 655 g/mol. The third-order valence-corrected chi connectivity index (χ3v) is 10.3. The van der Waals surface area contributed by atoms with Gasteiger partial charge in [0.2, 0.25) is 11.8 Å². The summed E-state index contributed by atoms with van der Waals surface area (Å²) in [5.41, 5.74) is 1.83. The highest BCUT2D eigenvalue weighted by Gasteiger charge is 2.54. The Kier molecular flexibility index (Phi) is 8.81. The zero-order chi connectivity index (χ0) is 29.4. The minimum absolute atomic E-state index is 0.0457. The van der Waals surface area contributed by atoms with Crippen molar-refractivity contribution in [2.75, 3.05) is 18.1 Å². The molecule has 3 aliphatic rings. The second-order valence-corrected chi connectivity index (χ2v) is 12.7. The summed E-state index contributed by atoms with van der Waals surface area (Å²) < 4.78 is 0. The van der Waals surface area contributed by atoms with E-state index in [0.29, 0.717) is 50.2 Å². The van der Waals surface area contributed by atoms with Crippen molar-refractivity contribution in [3.05, 3.63) is 79.4 Å². The monoisotopic (exact) mass is 653 g/mol. The maximum absolute atomic E-state index is 13.2. The molecule has 3 heterocycles. The predicted octanol–water partition coefficient (Wildman–Crippen LogP) is 4.24. The second kappa shape index (κ2) is 12.2. The van der Waals surface area contributed by atoms with Crippen LogP contribution in [0.5, 0.6) is 5.75 Å². The number of halogens is 3. The molecule has 2 atom stereocenters. The van der Waals surface area contributed by atoms with E-state index in [-0.39, 0.29) is 40.3 Å². The number of fused-ring (bicyclic) bond motifs is 1. The molecule has 3 amide bonds. The number of carboxylic acids is 1. The Balaban J connectivity index is 1.37. The largest absolute Gasteiger partial charge is 0.508 e. The van der Waals surface area contributed by atoms with Gasteiger partial charge in [-0.1, -0.05) is 46.9 Å². The fourth-order valence-electron chi connectivity index (χ4n) is 4.90. The highest BCUT2D eigenvalue weighted by molar-refractivity contribution is 8.00. The van der Waals surface area contributed by atoms with E-state index in [1.54, 1.807) is 24.3 Å². The van der Waals surface area contributed by atoms with Crippen LogP contribution < -0.4 is 10.6 Å². The Morgan fingerprint density at radius 2 is 1.88 bits per heavy atom. The lowest BCUT2D eigenvalue weighted by atomic mass is 9.90. The van der Waals surface area contributed by atoms with E-state index in [0.717, 1.165) is 11.8 Å². The third kappa shape index (κ3) is 6.05. The molecule has 0 radical (unpaired) electrons. The Bertz CT molecular complexity index is 1550. The van der Waals surface area contributed by atoms with Crippen LogP contribution >= 0.6 is 58.3 Å². The quantitative estimate of drug-likeness (QED) is 0.144. The van der Waals surface area contributed by atoms with Gasteiger partial charge in [0.15, 0.2) is 0 Å². The fraction of sp³-hybridized carbons (Fsp3) is 0.259. The van der Waals surface area contributed by atoms with Crippen LogP contribution in [0.25, 0.3) is 0 Å². The van der Waals surface area contributed by atoms with Crippen LogP contribution in [-0.4, -0.2) is 68.3 Å². The van der Waals surface area contributed by atoms with E-state index in [4.69, 9.17) is 34.8 Å². The maximum Gasteiger partial charge on any atom is 0.352 e. The Labute approximate surface area is 258 Å². The number of β-lactam (4-membered cyclic amide) rings is 1. The van der Waals surface area contributed by atoms with E-state index in [1.807, 2.05) is 0 Å². The summed E-state index contributed by atoms with van der Waals surface area (Å²) in [6.07, 6.45) is 0.607. The number of amides is 3. The summed E-state index contributed by atoms with van der Waals surface area (Å²) in [6.45, 7) is 0.422. The average Bonchev–Trinajstić information content (AvgIpc) is 3.36. The summed E-state index contributed by atoms with van der Waals surface area (Å²) >= 11 is 20.6. The lowest BCUT2D eigenvalue weighted by Gasteiger charge is -2.49. The van der Waals surface area contributed by atoms with E-state index in [9.17, 15) is 29.4 Å². The number of thioether (sulfide) groups is 2. The van der Waals surface area contributed by atoms with Crippen molar-refractivity contribution in [1.29, 1.82) is 0 Å². The number of hydrogen-bond acceptors (Lipinski definition) is 7. The van der Waals surface area contributed by atoms with Gasteiger partial charge in [-0.25, -0.2) is 4.79 Å². The Morgan fingerprint density at radius 3 is 2.56 bits per heavy atom. The molecule has 9 nitrogen and oxygen atoms in total. The van der Waals surface area contributed by atoms with Crippen molar-refractivity contribution in [3.8, 4) is 5.75 Å². The molecule has 5 rings (SSSR count). The van der Waals surface area contributed by atoms with Crippen LogP contribution in [0.3, 0.4) is 0 Å². The normalized spacial score (nSPS) is 21.3. The molecule has 2 aromatic carbocycles. The molecular formula is C27H22Cl3N3O6S2. The van der Waals surface area contributed by atoms with Crippen molar-refractivity contribution in [1.82, 2.24) is 15.5 Å². The number of carbonyl (C=O) groups is 4. The minimum Gasteiger partial charge on any atom is -0.508 e. The topological polar surface area (TPSA) is 136 Å². The number of aromatic hydroxyl groups is 1. The molecule has 0 bridgehead atoms. The number of aliphatic carboxylic acids is 1. The molecule has 0 unspecified atom stereocenters. The molecule has 0 aromatic heterocycles. The summed E-state index contributed by atoms with van der Waals surface area (Å²) in [6, 6.07) is 8.63. The van der Waals surface area contributed by atoms with Crippen molar-refractivity contribution < 1.29 is 29.4 Å². The molecular weight excluding hydrogens is 633 g/mol. The van der Waals surface area contributed by atoms with Gasteiger partial charge in [0.1, 0.15) is 22.9 Å². The van der Waals surface area contributed by atoms with Gasteiger partial charge in [-0.15, -0.1) is 23.5 Å². The van der Waals surface area contributed by atoms with Crippen LogP contribution in [0.1, 0.15) is 12.0 Å². The lowest BCUT2D eigenvalue weighted by molar-refractivity contribution is -0.150. The summed E-state index contributed by atoms with van der Waals surface area (Å²) in [5.74, 6) is -2.38. The molecule has 4 N–H and O–H groups in total. The molecule has 214 valence electrons. The number of nitrogens with zero attached hydrogens (tertiary/aromatic N) is 1. The van der Waals surface area contributed by atoms with Gasteiger partial charge in [-0.2, -0.15) is 0 Å². The summed E-state index contributed by atoms with van der Waals surface area (Å²) in [7, 11) is 0. The second-order valence-electron chi connectivity index (χ2n) is 9.38. The number of phenolic OH excluding ortho intramolecular Hbond substituents is 1. The van der Waals surface area contributed by atoms with Gasteiger partial charge in [-0.3, -0.25) is 19.3 Å². The number of allylic oxidation sites excluding steroid dienone is 1. The van der Waals surface area contributed by atoms with Crippen LogP contribution in [0.2, 0.25) is 15.1 Å². The molecule has 3 aliphatic heterocycles. The number of nitrogens with one attached hydrogen (secondary N) is 2. The van der Waals surface area contributed by atoms with Crippen molar-refractivity contribution in [3.63, 3.8) is 0 Å². The zero-order valence-electron chi connectivity index (χ0n) is 21.1. The number of carboxylic acid groups (broad SMARTS) is 1. The number of phenols is 1. The molecule has 2 fully saturated rings. The van der Waals surface area contributed by atoms with E-state index in [1.165, 1.54) is 28.8 Å². The molecule has 2 saturated heterocycles. The first-order valence-electron chi connectivity index (χ1n) is 12.3. The third-order valence-electron chi connectivity index (χ3n) is 6.78. The van der Waals surface area contributed by atoms with E-state index < -0.39 is 29.2 Å². The SMILES string of the molecule is O=C(CSc1cc(Cl)c(Cl)cc1Cl)N[C@@H]1C(=O)N2C(C(=O)O)=C(C(Cc3cccc(O)c3)=C3CCNC3=O)CS[C@H]12. The number of carbonyl (C=O) groups excluding carboxylic acids is 3. The molecule has 2 aromatic rings. The predicted molar refractivity (Wildman–Crippen MR) is 158 cm³/mol. The Hall–Kier alpha value is -2.83. The van der Waals surface area contributed by atoms with E-state index >= 15 is 0 Å². The summed E-state index contributed by atoms with van der Waals surface area (Å²) in [4.78, 5) is 52.9. The first-order chi connectivity index (χ1) is 19.5. The Morgan fingerprint density at radius 1 is 1.12 bits per heavy atom. The first kappa shape index (κ1) is 29.7. The lowest BCUT2D eigenvalue weighted by Crippen LogP contribution is -2.70. The minimum atomic E-state index is -1.30. The summed E-state index contributed by atoms with van der Waals surface area (Å²) in [5, 5.41) is 25.9. The van der Waals surface area contributed by atoms with Crippen molar-refractivity contribution in [2.45, 2.75) is 29.2 Å². The molecule has 14 heteroatoms. The maximum atomic E-state index is 13.2. The fourth-order valence-corrected chi connectivity index (χ4v) is 7.83. The number of benzene rings is 2.